The van der Waals surface area contributed by atoms with Crippen LogP contribution in [0, 0.1) is 0 Å². The number of carbonyl (C=O) groups is 1. The number of nitrogens with zero attached hydrogens (tertiary/aromatic N) is 2. The Hall–Kier alpha value is -4.03. The number of rotatable bonds is 7. The number of amides is 1. The highest BCUT2D eigenvalue weighted by Gasteiger charge is 2.18. The molecule has 0 radical (unpaired) electrons. The fourth-order valence-electron chi connectivity index (χ4n) is 3.50. The molecule has 0 aliphatic rings. The number of likely N-dealkylation sites (N-methyl/N-ethyl adjacent to an activating group) is 1. The Morgan fingerprint density at radius 3 is 2.41 bits per heavy atom. The standard InChI is InChI=1S/C26H23N3O3/c1-27-26(31)25(23(16-30)18-12-14-28-15-13-18)20-7-10-22(11-8-20)32-17-21-9-6-19-4-2-3-5-24(19)29-21/h2-15,30H,16-17H2,1H3,(H,27,31). The van der Waals surface area contributed by atoms with Crippen LogP contribution in [0.5, 0.6) is 5.75 Å². The van der Waals surface area contributed by atoms with Crippen LogP contribution in [-0.4, -0.2) is 34.6 Å². The first-order chi connectivity index (χ1) is 15.7. The molecule has 0 aliphatic heterocycles. The monoisotopic (exact) mass is 425 g/mol. The Labute approximate surface area is 186 Å². The van der Waals surface area contributed by atoms with Gasteiger partial charge in [0.15, 0.2) is 0 Å². The highest BCUT2D eigenvalue weighted by Crippen LogP contribution is 2.28. The normalized spacial score (nSPS) is 11.7. The van der Waals surface area contributed by atoms with Gasteiger partial charge in [-0.15, -0.1) is 0 Å². The number of hydrogen-bond donors (Lipinski definition) is 2. The number of fused-ring (bicyclic) bond motifs is 1. The van der Waals surface area contributed by atoms with Gasteiger partial charge in [0.25, 0.3) is 5.91 Å². The Balaban J connectivity index is 1.57. The van der Waals surface area contributed by atoms with Crippen molar-refractivity contribution >= 4 is 28.0 Å². The summed E-state index contributed by atoms with van der Waals surface area (Å²) in [5, 5.41) is 13.8. The molecule has 4 rings (SSSR count). The van der Waals surface area contributed by atoms with E-state index in [1.165, 1.54) is 0 Å². The summed E-state index contributed by atoms with van der Waals surface area (Å²) >= 11 is 0. The summed E-state index contributed by atoms with van der Waals surface area (Å²) < 4.78 is 5.90. The number of aliphatic hydroxyl groups excluding tert-OH is 1. The minimum Gasteiger partial charge on any atom is -0.487 e. The summed E-state index contributed by atoms with van der Waals surface area (Å²) in [5.74, 6) is 0.384. The molecule has 2 N–H and O–H groups in total. The zero-order valence-corrected chi connectivity index (χ0v) is 17.7. The maximum atomic E-state index is 12.7. The van der Waals surface area contributed by atoms with Crippen LogP contribution in [0.2, 0.25) is 0 Å². The van der Waals surface area contributed by atoms with Crippen LogP contribution < -0.4 is 10.1 Å². The molecular weight excluding hydrogens is 402 g/mol. The Bertz CT molecular complexity index is 1250. The van der Waals surface area contributed by atoms with Crippen molar-refractivity contribution in [3.8, 4) is 5.75 Å². The Morgan fingerprint density at radius 1 is 0.938 bits per heavy atom. The van der Waals surface area contributed by atoms with Gasteiger partial charge in [-0.25, -0.2) is 4.98 Å². The Kier molecular flexibility index (Phi) is 6.53. The topological polar surface area (TPSA) is 84.3 Å². The van der Waals surface area contributed by atoms with Crippen LogP contribution >= 0.6 is 0 Å². The molecule has 2 aromatic carbocycles. The first-order valence-electron chi connectivity index (χ1n) is 10.2. The van der Waals surface area contributed by atoms with E-state index in [2.05, 4.69) is 15.3 Å². The first kappa shape index (κ1) is 21.2. The van der Waals surface area contributed by atoms with Gasteiger partial charge < -0.3 is 15.2 Å². The third kappa shape index (κ3) is 4.66. The van der Waals surface area contributed by atoms with Crippen LogP contribution in [0.4, 0.5) is 0 Å². The van der Waals surface area contributed by atoms with Crippen molar-refractivity contribution in [2.24, 2.45) is 0 Å². The lowest BCUT2D eigenvalue weighted by molar-refractivity contribution is -0.115. The number of benzene rings is 2. The highest BCUT2D eigenvalue weighted by atomic mass is 16.5. The number of carbonyl (C=O) groups excluding carboxylic acids is 1. The van der Waals surface area contributed by atoms with Gasteiger partial charge in [-0.05, 0) is 53.1 Å². The molecule has 0 saturated carbocycles. The molecule has 0 unspecified atom stereocenters. The molecule has 2 aromatic heterocycles. The van der Waals surface area contributed by atoms with Crippen LogP contribution in [0.1, 0.15) is 16.8 Å². The molecule has 0 saturated heterocycles. The van der Waals surface area contributed by atoms with Crippen molar-refractivity contribution in [1.29, 1.82) is 0 Å². The maximum absolute atomic E-state index is 12.7. The van der Waals surface area contributed by atoms with Crippen LogP contribution in [-0.2, 0) is 11.4 Å². The predicted octanol–water partition coefficient (Wildman–Crippen LogP) is 3.86. The van der Waals surface area contributed by atoms with Crippen molar-refractivity contribution < 1.29 is 14.6 Å². The average molecular weight is 425 g/mol. The highest BCUT2D eigenvalue weighted by molar-refractivity contribution is 6.27. The minimum absolute atomic E-state index is 0.278. The second kappa shape index (κ2) is 9.85. The van der Waals surface area contributed by atoms with E-state index >= 15 is 0 Å². The van der Waals surface area contributed by atoms with Crippen LogP contribution in [0.25, 0.3) is 22.0 Å². The van der Waals surface area contributed by atoms with Gasteiger partial charge in [0.05, 0.1) is 23.4 Å². The predicted molar refractivity (Wildman–Crippen MR) is 125 cm³/mol. The van der Waals surface area contributed by atoms with E-state index in [1.54, 1.807) is 43.7 Å². The summed E-state index contributed by atoms with van der Waals surface area (Å²) in [6.45, 7) is 0.0554. The number of para-hydroxylation sites is 1. The van der Waals surface area contributed by atoms with E-state index in [0.717, 1.165) is 22.2 Å². The maximum Gasteiger partial charge on any atom is 0.252 e. The van der Waals surface area contributed by atoms with Crippen LogP contribution in [0.15, 0.2) is 85.2 Å². The molecule has 6 heteroatoms. The van der Waals surface area contributed by atoms with Crippen molar-refractivity contribution in [2.45, 2.75) is 6.61 Å². The summed E-state index contributed by atoms with van der Waals surface area (Å²) in [5.41, 5.74) is 4.12. The van der Waals surface area contributed by atoms with Gasteiger partial charge in [-0.1, -0.05) is 36.4 Å². The van der Waals surface area contributed by atoms with Crippen molar-refractivity contribution in [2.75, 3.05) is 13.7 Å². The van der Waals surface area contributed by atoms with E-state index < -0.39 is 0 Å². The fourth-order valence-corrected chi connectivity index (χ4v) is 3.50. The third-order valence-corrected chi connectivity index (χ3v) is 5.13. The quantitative estimate of drug-likeness (QED) is 0.439. The van der Waals surface area contributed by atoms with E-state index in [4.69, 9.17) is 4.74 Å². The molecule has 160 valence electrons. The molecule has 0 spiro atoms. The van der Waals surface area contributed by atoms with Crippen LogP contribution in [0.3, 0.4) is 0 Å². The third-order valence-electron chi connectivity index (χ3n) is 5.13. The fraction of sp³-hybridized carbons (Fsp3) is 0.115. The van der Waals surface area contributed by atoms with E-state index in [9.17, 15) is 9.90 Å². The number of nitrogens with one attached hydrogen (secondary N) is 1. The molecule has 4 aromatic rings. The van der Waals surface area contributed by atoms with Gasteiger partial charge in [-0.3, -0.25) is 9.78 Å². The zero-order chi connectivity index (χ0) is 22.3. The molecular formula is C26H23N3O3. The summed E-state index contributed by atoms with van der Waals surface area (Å²) in [7, 11) is 1.57. The molecule has 2 heterocycles. The largest absolute Gasteiger partial charge is 0.487 e. The van der Waals surface area contributed by atoms with Crippen molar-refractivity contribution in [3.63, 3.8) is 0 Å². The van der Waals surface area contributed by atoms with Crippen molar-refractivity contribution in [1.82, 2.24) is 15.3 Å². The van der Waals surface area contributed by atoms with E-state index in [1.807, 2.05) is 48.5 Å². The number of hydrogen-bond acceptors (Lipinski definition) is 5. The van der Waals surface area contributed by atoms with Gasteiger partial charge in [0.1, 0.15) is 12.4 Å². The van der Waals surface area contributed by atoms with Gasteiger partial charge in [0, 0.05) is 24.8 Å². The number of aromatic nitrogens is 2. The SMILES string of the molecule is CNC(=O)C(=C(CO)c1ccncc1)c1ccc(OCc2ccc3ccccc3n2)cc1. The lowest BCUT2D eigenvalue weighted by atomic mass is 9.95. The van der Waals surface area contributed by atoms with Gasteiger partial charge >= 0.3 is 0 Å². The molecule has 0 bridgehead atoms. The number of aliphatic hydroxyl groups is 1. The zero-order valence-electron chi connectivity index (χ0n) is 17.7. The second-order valence-corrected chi connectivity index (χ2v) is 7.14. The summed E-state index contributed by atoms with van der Waals surface area (Å²) in [6, 6.07) is 22.7. The summed E-state index contributed by atoms with van der Waals surface area (Å²) in [4.78, 5) is 21.3. The molecule has 0 fully saturated rings. The minimum atomic E-state index is -0.279. The molecule has 1 amide bonds. The average Bonchev–Trinajstić information content (AvgIpc) is 2.86. The van der Waals surface area contributed by atoms with E-state index in [-0.39, 0.29) is 12.5 Å². The number of ether oxygens (including phenoxy) is 1. The van der Waals surface area contributed by atoms with Gasteiger partial charge in [0.2, 0.25) is 0 Å². The smallest absolute Gasteiger partial charge is 0.252 e. The number of pyridine rings is 2. The van der Waals surface area contributed by atoms with E-state index in [0.29, 0.717) is 29.1 Å². The molecule has 32 heavy (non-hydrogen) atoms. The lowest BCUT2D eigenvalue weighted by Crippen LogP contribution is -2.21. The van der Waals surface area contributed by atoms with Gasteiger partial charge in [-0.2, -0.15) is 0 Å². The first-order valence-corrected chi connectivity index (χ1v) is 10.2. The summed E-state index contributed by atoms with van der Waals surface area (Å²) in [6.07, 6.45) is 3.26. The molecule has 6 nitrogen and oxygen atoms in total. The lowest BCUT2D eigenvalue weighted by Gasteiger charge is -2.14. The van der Waals surface area contributed by atoms with Crippen molar-refractivity contribution in [3.05, 3.63) is 102 Å². The molecule has 0 atom stereocenters. The molecule has 0 aliphatic carbocycles. The second-order valence-electron chi connectivity index (χ2n) is 7.14. The Morgan fingerprint density at radius 2 is 1.69 bits per heavy atom.